The number of imidazole rings is 1. The smallest absolute Gasteiger partial charge is 0.270 e. The zero-order valence-corrected chi connectivity index (χ0v) is 18.3. The molecule has 0 saturated carbocycles. The minimum atomic E-state index is -0.221. The van der Waals surface area contributed by atoms with Gasteiger partial charge in [-0.3, -0.25) is 9.20 Å². The van der Waals surface area contributed by atoms with Crippen LogP contribution in [0.1, 0.15) is 28.7 Å². The summed E-state index contributed by atoms with van der Waals surface area (Å²) in [5.74, 6) is -0.221. The van der Waals surface area contributed by atoms with E-state index in [1.807, 2.05) is 26.1 Å². The van der Waals surface area contributed by atoms with E-state index in [1.54, 1.807) is 28.4 Å². The number of carbonyl (C=O) groups is 1. The molecule has 4 aromatic rings. The van der Waals surface area contributed by atoms with Gasteiger partial charge in [-0.2, -0.15) is 0 Å². The Morgan fingerprint density at radius 3 is 3.00 bits per heavy atom. The average molecular weight is 473 g/mol. The van der Waals surface area contributed by atoms with Crippen molar-refractivity contribution < 1.29 is 9.53 Å². The van der Waals surface area contributed by atoms with Crippen LogP contribution in [0, 0.1) is 6.92 Å². The number of hydrogen-bond acceptors (Lipinski definition) is 7. The molecule has 1 atom stereocenters. The summed E-state index contributed by atoms with van der Waals surface area (Å²) in [4.78, 5) is 21.3. The number of fused-ring (bicyclic) bond motifs is 2. The number of anilines is 1. The second-order valence-corrected chi connectivity index (χ2v) is 7.95. The molecule has 1 unspecified atom stereocenters. The van der Waals surface area contributed by atoms with Crippen molar-refractivity contribution in [3.8, 4) is 0 Å². The highest BCUT2D eigenvalue weighted by molar-refractivity contribution is 9.10. The van der Waals surface area contributed by atoms with Crippen LogP contribution in [0.15, 0.2) is 29.1 Å². The highest BCUT2D eigenvalue weighted by Crippen LogP contribution is 2.21. The van der Waals surface area contributed by atoms with Crippen LogP contribution in [0.25, 0.3) is 16.7 Å². The second kappa shape index (κ2) is 8.00. The fraction of sp³-hybridized carbons (Fsp3) is 0.316. The standard InChI is InChI=1S/C19H21BrN8O2/c1-10(8-30-9-12-4-13(21)17-14(5-12)27(3)26-25-17)23-19(29)18-11(2)24-16-6-22-15(20)7-28(16)18/h4-7,10H,8-9,21H2,1-3H3,(H,23,29). The van der Waals surface area contributed by atoms with E-state index in [4.69, 9.17) is 10.5 Å². The van der Waals surface area contributed by atoms with E-state index in [1.165, 1.54) is 0 Å². The number of aromatic nitrogens is 6. The maximum absolute atomic E-state index is 12.8. The lowest BCUT2D eigenvalue weighted by Crippen LogP contribution is -2.36. The van der Waals surface area contributed by atoms with E-state index in [0.29, 0.717) is 46.1 Å². The number of halogens is 1. The maximum Gasteiger partial charge on any atom is 0.270 e. The van der Waals surface area contributed by atoms with Gasteiger partial charge in [-0.15, -0.1) is 5.10 Å². The van der Waals surface area contributed by atoms with Gasteiger partial charge in [0.1, 0.15) is 15.8 Å². The molecule has 0 bridgehead atoms. The van der Waals surface area contributed by atoms with Crippen molar-refractivity contribution >= 4 is 44.2 Å². The Labute approximate surface area is 180 Å². The minimum Gasteiger partial charge on any atom is -0.397 e. The van der Waals surface area contributed by atoms with Gasteiger partial charge in [0.15, 0.2) is 5.65 Å². The third-order valence-electron chi connectivity index (χ3n) is 4.69. The summed E-state index contributed by atoms with van der Waals surface area (Å²) in [5.41, 5.74) is 10.8. The van der Waals surface area contributed by atoms with Gasteiger partial charge < -0.3 is 15.8 Å². The summed E-state index contributed by atoms with van der Waals surface area (Å²) < 4.78 is 9.81. The van der Waals surface area contributed by atoms with Crippen LogP contribution in [-0.4, -0.2) is 47.9 Å². The lowest BCUT2D eigenvalue weighted by Gasteiger charge is -2.15. The Kier molecular flexibility index (Phi) is 5.39. The van der Waals surface area contributed by atoms with E-state index >= 15 is 0 Å². The molecule has 156 valence electrons. The number of nitrogens with one attached hydrogen (secondary N) is 1. The van der Waals surface area contributed by atoms with Crippen LogP contribution in [0.5, 0.6) is 0 Å². The molecule has 1 aromatic carbocycles. The summed E-state index contributed by atoms with van der Waals surface area (Å²) in [6, 6.07) is 3.57. The number of ether oxygens (including phenoxy) is 1. The van der Waals surface area contributed by atoms with Gasteiger partial charge in [0.25, 0.3) is 5.91 Å². The molecule has 4 rings (SSSR count). The molecule has 0 radical (unpaired) electrons. The quantitative estimate of drug-likeness (QED) is 0.411. The normalized spacial score (nSPS) is 12.5. The number of amides is 1. The highest BCUT2D eigenvalue weighted by Gasteiger charge is 2.19. The summed E-state index contributed by atoms with van der Waals surface area (Å²) in [6.07, 6.45) is 3.33. The van der Waals surface area contributed by atoms with Crippen molar-refractivity contribution in [3.63, 3.8) is 0 Å². The Balaban J connectivity index is 1.39. The molecule has 1 amide bonds. The predicted molar refractivity (Wildman–Crippen MR) is 115 cm³/mol. The molecular weight excluding hydrogens is 452 g/mol. The molecule has 30 heavy (non-hydrogen) atoms. The number of hydrogen-bond donors (Lipinski definition) is 2. The summed E-state index contributed by atoms with van der Waals surface area (Å²) >= 11 is 3.32. The van der Waals surface area contributed by atoms with Gasteiger partial charge in [-0.05, 0) is 47.5 Å². The van der Waals surface area contributed by atoms with Crippen molar-refractivity contribution in [2.24, 2.45) is 7.05 Å². The van der Waals surface area contributed by atoms with Gasteiger partial charge in [0.05, 0.1) is 36.3 Å². The van der Waals surface area contributed by atoms with Gasteiger partial charge in [-0.1, -0.05) is 5.21 Å². The van der Waals surface area contributed by atoms with Crippen LogP contribution in [-0.2, 0) is 18.4 Å². The first-order valence-corrected chi connectivity index (χ1v) is 10.1. The summed E-state index contributed by atoms with van der Waals surface area (Å²) in [6.45, 7) is 4.38. The van der Waals surface area contributed by atoms with Crippen LogP contribution >= 0.6 is 15.9 Å². The molecule has 0 saturated heterocycles. The molecule has 3 aromatic heterocycles. The Bertz CT molecular complexity index is 1250. The fourth-order valence-electron chi connectivity index (χ4n) is 3.31. The molecule has 11 heteroatoms. The fourth-order valence-corrected chi connectivity index (χ4v) is 3.62. The Morgan fingerprint density at radius 1 is 1.40 bits per heavy atom. The van der Waals surface area contributed by atoms with E-state index in [2.05, 4.69) is 41.5 Å². The molecule has 0 aliphatic carbocycles. The first kappa shape index (κ1) is 20.2. The lowest BCUT2D eigenvalue weighted by molar-refractivity contribution is 0.0815. The molecule has 0 spiro atoms. The first-order valence-electron chi connectivity index (χ1n) is 9.30. The molecule has 0 aliphatic rings. The molecule has 0 fully saturated rings. The third-order valence-corrected chi connectivity index (χ3v) is 5.10. The van der Waals surface area contributed by atoms with E-state index in [-0.39, 0.29) is 11.9 Å². The van der Waals surface area contributed by atoms with Crippen molar-refractivity contribution in [3.05, 3.63) is 46.1 Å². The highest BCUT2D eigenvalue weighted by atomic mass is 79.9. The average Bonchev–Trinajstić information content (AvgIpc) is 3.21. The van der Waals surface area contributed by atoms with Crippen LogP contribution < -0.4 is 11.1 Å². The number of nitrogens with two attached hydrogens (primary N) is 1. The van der Waals surface area contributed by atoms with E-state index in [9.17, 15) is 4.79 Å². The van der Waals surface area contributed by atoms with Crippen molar-refractivity contribution in [1.82, 2.24) is 34.7 Å². The van der Waals surface area contributed by atoms with Crippen LogP contribution in [0.2, 0.25) is 0 Å². The summed E-state index contributed by atoms with van der Waals surface area (Å²) in [5, 5.41) is 11.0. The summed E-state index contributed by atoms with van der Waals surface area (Å²) in [7, 11) is 1.81. The maximum atomic E-state index is 12.8. The molecule has 0 aliphatic heterocycles. The zero-order valence-electron chi connectivity index (χ0n) is 16.8. The number of rotatable bonds is 6. The molecule has 3 heterocycles. The van der Waals surface area contributed by atoms with Gasteiger partial charge in [-0.25, -0.2) is 14.6 Å². The number of nitrogens with zero attached hydrogens (tertiary/aromatic N) is 6. The van der Waals surface area contributed by atoms with Crippen molar-refractivity contribution in [1.29, 1.82) is 0 Å². The number of aryl methyl sites for hydroxylation is 2. The first-order chi connectivity index (χ1) is 14.3. The van der Waals surface area contributed by atoms with Gasteiger partial charge in [0.2, 0.25) is 0 Å². The molecule has 3 N–H and O–H groups in total. The van der Waals surface area contributed by atoms with Crippen LogP contribution in [0.3, 0.4) is 0 Å². The lowest BCUT2D eigenvalue weighted by atomic mass is 10.2. The van der Waals surface area contributed by atoms with E-state index < -0.39 is 0 Å². The topological polar surface area (TPSA) is 125 Å². The Hall–Kier alpha value is -3.05. The van der Waals surface area contributed by atoms with Crippen LogP contribution in [0.4, 0.5) is 5.69 Å². The third kappa shape index (κ3) is 3.85. The molecule has 10 nitrogen and oxygen atoms in total. The number of carbonyl (C=O) groups excluding carboxylic acids is 1. The zero-order chi connectivity index (χ0) is 21.4. The Morgan fingerprint density at radius 2 is 2.20 bits per heavy atom. The van der Waals surface area contributed by atoms with Gasteiger partial charge in [0, 0.05) is 19.3 Å². The SMILES string of the molecule is Cc1nc2cnc(Br)cn2c1C(=O)NC(C)COCc1cc(N)c2nnn(C)c2c1. The van der Waals surface area contributed by atoms with Crippen molar-refractivity contribution in [2.75, 3.05) is 12.3 Å². The predicted octanol–water partition coefficient (Wildman–Crippen LogP) is 2.00. The molecular formula is C19H21BrN8O2. The number of benzene rings is 1. The van der Waals surface area contributed by atoms with Gasteiger partial charge >= 0.3 is 0 Å². The second-order valence-electron chi connectivity index (χ2n) is 7.14. The van der Waals surface area contributed by atoms with E-state index in [0.717, 1.165) is 11.1 Å². The largest absolute Gasteiger partial charge is 0.397 e. The van der Waals surface area contributed by atoms with Crippen molar-refractivity contribution in [2.45, 2.75) is 26.5 Å². The monoisotopic (exact) mass is 472 g/mol. The number of nitrogen functional groups attached to an aromatic ring is 1. The minimum absolute atomic E-state index is 0.202.